The van der Waals surface area contributed by atoms with Crippen molar-refractivity contribution >= 4 is 11.7 Å². The van der Waals surface area contributed by atoms with E-state index in [2.05, 4.69) is 5.32 Å². The van der Waals surface area contributed by atoms with Crippen LogP contribution in [0.1, 0.15) is 24.1 Å². The molecule has 0 bridgehead atoms. The van der Waals surface area contributed by atoms with Crippen LogP contribution in [0.15, 0.2) is 42.5 Å². The molecule has 1 N–H and O–H groups in total. The van der Waals surface area contributed by atoms with E-state index in [1.54, 1.807) is 19.2 Å². The van der Waals surface area contributed by atoms with Gasteiger partial charge in [0.15, 0.2) is 11.5 Å². The second kappa shape index (κ2) is 7.94. The standard InChI is InChI=1S/C19H21N3O5/c1-13(15-4-3-5-16(11-15)22(24)25)21(2)19(23)20-12-14-6-7-17-18(10-14)27-9-8-26-17/h3-7,10-11,13H,8-9,12H2,1-2H3,(H,20,23)/t13-/m0/s1. The normalized spacial score (nSPS) is 13.6. The molecule has 0 fully saturated rings. The summed E-state index contributed by atoms with van der Waals surface area (Å²) < 4.78 is 11.0. The van der Waals surface area contributed by atoms with E-state index in [0.717, 1.165) is 5.56 Å². The van der Waals surface area contributed by atoms with Gasteiger partial charge in [0.05, 0.1) is 11.0 Å². The lowest BCUT2D eigenvalue weighted by Gasteiger charge is -2.25. The van der Waals surface area contributed by atoms with Crippen LogP contribution in [0.4, 0.5) is 10.5 Å². The highest BCUT2D eigenvalue weighted by Gasteiger charge is 2.19. The number of non-ortho nitro benzene ring substituents is 1. The molecule has 2 amide bonds. The molecule has 0 aromatic heterocycles. The van der Waals surface area contributed by atoms with Crippen molar-refractivity contribution in [3.05, 3.63) is 63.7 Å². The molecule has 1 aliphatic heterocycles. The molecule has 8 heteroatoms. The molecular formula is C19H21N3O5. The van der Waals surface area contributed by atoms with Crippen LogP contribution in [-0.2, 0) is 6.54 Å². The Bertz CT molecular complexity index is 855. The first-order valence-corrected chi connectivity index (χ1v) is 8.59. The van der Waals surface area contributed by atoms with Gasteiger partial charge < -0.3 is 19.7 Å². The second-order valence-electron chi connectivity index (χ2n) is 6.28. The van der Waals surface area contributed by atoms with Crippen molar-refractivity contribution in [2.24, 2.45) is 0 Å². The molecule has 142 valence electrons. The molecule has 2 aromatic rings. The van der Waals surface area contributed by atoms with Gasteiger partial charge >= 0.3 is 6.03 Å². The molecule has 0 radical (unpaired) electrons. The Kier molecular flexibility index (Phi) is 5.44. The van der Waals surface area contributed by atoms with Crippen molar-refractivity contribution in [2.45, 2.75) is 19.5 Å². The number of fused-ring (bicyclic) bond motifs is 1. The van der Waals surface area contributed by atoms with Gasteiger partial charge in [0.25, 0.3) is 5.69 Å². The molecule has 1 aliphatic rings. The maximum absolute atomic E-state index is 12.5. The minimum Gasteiger partial charge on any atom is -0.486 e. The predicted octanol–water partition coefficient (Wildman–Crippen LogP) is 3.27. The summed E-state index contributed by atoms with van der Waals surface area (Å²) in [7, 11) is 1.66. The first-order chi connectivity index (χ1) is 13.0. The van der Waals surface area contributed by atoms with Crippen LogP contribution in [-0.4, -0.2) is 36.1 Å². The summed E-state index contributed by atoms with van der Waals surface area (Å²) in [5.41, 5.74) is 1.59. The number of hydrogen-bond donors (Lipinski definition) is 1. The van der Waals surface area contributed by atoms with Gasteiger partial charge in [-0.3, -0.25) is 10.1 Å². The number of rotatable bonds is 5. The Morgan fingerprint density at radius 1 is 1.22 bits per heavy atom. The van der Waals surface area contributed by atoms with Crippen LogP contribution in [0.5, 0.6) is 11.5 Å². The van der Waals surface area contributed by atoms with Crippen molar-refractivity contribution in [3.63, 3.8) is 0 Å². The quantitative estimate of drug-likeness (QED) is 0.643. The van der Waals surface area contributed by atoms with Gasteiger partial charge in [-0.1, -0.05) is 18.2 Å². The lowest BCUT2D eigenvalue weighted by Crippen LogP contribution is -2.38. The van der Waals surface area contributed by atoms with Gasteiger partial charge in [-0.2, -0.15) is 0 Å². The van der Waals surface area contributed by atoms with E-state index in [1.807, 2.05) is 25.1 Å². The van der Waals surface area contributed by atoms with Crippen LogP contribution < -0.4 is 14.8 Å². The second-order valence-corrected chi connectivity index (χ2v) is 6.28. The highest BCUT2D eigenvalue weighted by atomic mass is 16.6. The molecule has 1 atom stereocenters. The molecule has 0 saturated heterocycles. The summed E-state index contributed by atoms with van der Waals surface area (Å²) in [6, 6.07) is 11.2. The lowest BCUT2D eigenvalue weighted by molar-refractivity contribution is -0.384. The maximum atomic E-state index is 12.5. The van der Waals surface area contributed by atoms with Gasteiger partial charge in [-0.25, -0.2) is 4.79 Å². The fourth-order valence-corrected chi connectivity index (χ4v) is 2.80. The molecule has 27 heavy (non-hydrogen) atoms. The number of hydrogen-bond acceptors (Lipinski definition) is 5. The number of nitrogens with one attached hydrogen (secondary N) is 1. The average Bonchev–Trinajstić information content (AvgIpc) is 2.70. The number of urea groups is 1. The number of carbonyl (C=O) groups excluding carboxylic acids is 1. The van der Waals surface area contributed by atoms with Gasteiger partial charge in [0, 0.05) is 25.7 Å². The summed E-state index contributed by atoms with van der Waals surface area (Å²) in [6.45, 7) is 3.19. The first-order valence-electron chi connectivity index (χ1n) is 8.59. The third-order valence-corrected chi connectivity index (χ3v) is 4.52. The summed E-state index contributed by atoms with van der Waals surface area (Å²) in [6.07, 6.45) is 0. The molecular weight excluding hydrogens is 350 g/mol. The topological polar surface area (TPSA) is 93.9 Å². The highest BCUT2D eigenvalue weighted by molar-refractivity contribution is 5.74. The van der Waals surface area contributed by atoms with Crippen molar-refractivity contribution in [3.8, 4) is 11.5 Å². The minimum absolute atomic E-state index is 0.00411. The Hall–Kier alpha value is -3.29. The van der Waals surface area contributed by atoms with E-state index < -0.39 is 4.92 Å². The molecule has 0 aliphatic carbocycles. The van der Waals surface area contributed by atoms with E-state index >= 15 is 0 Å². The summed E-state index contributed by atoms with van der Waals surface area (Å²) in [4.78, 5) is 24.5. The Morgan fingerprint density at radius 2 is 1.96 bits per heavy atom. The Morgan fingerprint density at radius 3 is 2.70 bits per heavy atom. The highest BCUT2D eigenvalue weighted by Crippen LogP contribution is 2.30. The number of nitro benzene ring substituents is 1. The molecule has 1 heterocycles. The zero-order valence-corrected chi connectivity index (χ0v) is 15.2. The number of carbonyl (C=O) groups is 1. The molecule has 2 aromatic carbocycles. The zero-order chi connectivity index (χ0) is 19.4. The third-order valence-electron chi connectivity index (χ3n) is 4.52. The average molecular weight is 371 g/mol. The smallest absolute Gasteiger partial charge is 0.317 e. The first kappa shape index (κ1) is 18.5. The third kappa shape index (κ3) is 4.28. The Labute approximate surface area is 156 Å². The van der Waals surface area contributed by atoms with Crippen molar-refractivity contribution in [2.75, 3.05) is 20.3 Å². The van der Waals surface area contributed by atoms with Gasteiger partial charge in [0.1, 0.15) is 13.2 Å². The number of amides is 2. The summed E-state index contributed by atoms with van der Waals surface area (Å²) >= 11 is 0. The summed E-state index contributed by atoms with van der Waals surface area (Å²) in [5, 5.41) is 13.8. The molecule has 8 nitrogen and oxygen atoms in total. The van der Waals surface area contributed by atoms with Crippen LogP contribution in [0.25, 0.3) is 0 Å². The lowest BCUT2D eigenvalue weighted by atomic mass is 10.1. The predicted molar refractivity (Wildman–Crippen MR) is 98.9 cm³/mol. The maximum Gasteiger partial charge on any atom is 0.317 e. The van der Waals surface area contributed by atoms with Crippen LogP contribution in [0.3, 0.4) is 0 Å². The molecule has 0 saturated carbocycles. The van der Waals surface area contributed by atoms with Crippen LogP contribution in [0.2, 0.25) is 0 Å². The van der Waals surface area contributed by atoms with Crippen LogP contribution in [0, 0.1) is 10.1 Å². The van der Waals surface area contributed by atoms with Gasteiger partial charge in [0.2, 0.25) is 0 Å². The van der Waals surface area contributed by atoms with Crippen LogP contribution >= 0.6 is 0 Å². The van der Waals surface area contributed by atoms with Crippen molar-refractivity contribution in [1.29, 1.82) is 0 Å². The minimum atomic E-state index is -0.446. The zero-order valence-electron chi connectivity index (χ0n) is 15.2. The Balaban J connectivity index is 1.62. The molecule has 0 spiro atoms. The number of nitro groups is 1. The molecule has 3 rings (SSSR count). The van der Waals surface area contributed by atoms with E-state index in [1.165, 1.54) is 17.0 Å². The van der Waals surface area contributed by atoms with Gasteiger partial charge in [-0.05, 0) is 30.2 Å². The number of nitrogens with zero attached hydrogens (tertiary/aromatic N) is 2. The van der Waals surface area contributed by atoms with E-state index in [0.29, 0.717) is 36.8 Å². The monoisotopic (exact) mass is 371 g/mol. The summed E-state index contributed by atoms with van der Waals surface area (Å²) in [5.74, 6) is 1.37. The number of ether oxygens (including phenoxy) is 2. The number of benzene rings is 2. The fraction of sp³-hybridized carbons (Fsp3) is 0.316. The van der Waals surface area contributed by atoms with Crippen molar-refractivity contribution in [1.82, 2.24) is 10.2 Å². The fourth-order valence-electron chi connectivity index (χ4n) is 2.80. The van der Waals surface area contributed by atoms with E-state index in [-0.39, 0.29) is 17.8 Å². The van der Waals surface area contributed by atoms with Gasteiger partial charge in [-0.15, -0.1) is 0 Å². The largest absolute Gasteiger partial charge is 0.486 e. The van der Waals surface area contributed by atoms with Crippen molar-refractivity contribution < 1.29 is 19.2 Å². The van der Waals surface area contributed by atoms with E-state index in [9.17, 15) is 14.9 Å². The SMILES string of the molecule is C[C@@H](c1cccc([N+](=O)[O-])c1)N(C)C(=O)NCc1ccc2c(c1)OCCO2. The van der Waals surface area contributed by atoms with E-state index in [4.69, 9.17) is 9.47 Å². The molecule has 0 unspecified atom stereocenters.